The lowest BCUT2D eigenvalue weighted by Gasteiger charge is -2.26. The van der Waals surface area contributed by atoms with Gasteiger partial charge >= 0.3 is 0 Å². The van der Waals surface area contributed by atoms with Gasteiger partial charge in [-0.1, -0.05) is 51.3 Å². The van der Waals surface area contributed by atoms with Crippen LogP contribution in [0.5, 0.6) is 5.75 Å². The van der Waals surface area contributed by atoms with Crippen LogP contribution in [0.1, 0.15) is 93.1 Å². The average molecular weight is 517 g/mol. The van der Waals surface area contributed by atoms with Gasteiger partial charge in [0, 0.05) is 31.6 Å². The number of nitrogens with zero attached hydrogens (tertiary/aromatic N) is 4. The molecule has 5 rings (SSSR count). The number of carbonyl (C=O) groups is 1. The van der Waals surface area contributed by atoms with Gasteiger partial charge in [0.05, 0.1) is 11.0 Å². The molecule has 1 amide bonds. The van der Waals surface area contributed by atoms with E-state index in [2.05, 4.69) is 47.6 Å². The molecule has 1 fully saturated rings. The third-order valence-electron chi connectivity index (χ3n) is 8.11. The molecule has 2 aromatic carbocycles. The topological polar surface area (TPSA) is 50.6 Å². The lowest BCUT2D eigenvalue weighted by atomic mass is 10.1. The number of benzene rings is 2. The van der Waals surface area contributed by atoms with Crippen LogP contribution in [0.2, 0.25) is 0 Å². The molecule has 0 spiro atoms. The van der Waals surface area contributed by atoms with Crippen molar-refractivity contribution in [2.75, 3.05) is 32.7 Å². The number of piperidine rings is 1. The molecule has 2 aliphatic heterocycles. The number of imidazole rings is 1. The Morgan fingerprint density at radius 3 is 2.47 bits per heavy atom. The number of fused-ring (bicyclic) bond motifs is 2. The highest BCUT2D eigenvalue weighted by Gasteiger charge is 2.29. The van der Waals surface area contributed by atoms with Crippen molar-refractivity contribution >= 4 is 16.9 Å². The predicted octanol–water partition coefficient (Wildman–Crippen LogP) is 6.63. The zero-order valence-corrected chi connectivity index (χ0v) is 23.3. The molecule has 1 unspecified atom stereocenters. The lowest BCUT2D eigenvalue weighted by Crippen LogP contribution is -2.33. The van der Waals surface area contributed by atoms with Gasteiger partial charge in [0.2, 0.25) is 0 Å². The quantitative estimate of drug-likeness (QED) is 0.271. The van der Waals surface area contributed by atoms with Gasteiger partial charge in [0.1, 0.15) is 5.75 Å². The number of hydrogen-bond donors (Lipinski definition) is 0. The molecule has 0 bridgehead atoms. The standard InChI is InChI=1S/C32H44N4O2/c1-3-5-20-35(21-6-4-2)32(37)26-15-16-27-28(23-26)36(22-12-19-34-17-10-7-11-18-34)31(33-27)30-24-25-13-8-9-14-29(25)38-30/h8-9,13-16,23,30H,3-7,10-12,17-22,24H2,1-2H3. The number of aryl methyl sites for hydroxylation is 1. The molecule has 1 atom stereocenters. The van der Waals surface area contributed by atoms with Crippen LogP contribution in [0, 0.1) is 0 Å². The first-order valence-electron chi connectivity index (χ1n) is 14.9. The molecule has 6 nitrogen and oxygen atoms in total. The SMILES string of the molecule is CCCCN(CCCC)C(=O)c1ccc2nc(C3Cc4ccccc4O3)n(CCCN3CCCCC3)c2c1. The molecule has 204 valence electrons. The normalized spacial score (nSPS) is 17.5. The highest BCUT2D eigenvalue weighted by atomic mass is 16.5. The first kappa shape index (κ1) is 26.7. The van der Waals surface area contributed by atoms with Gasteiger partial charge in [-0.3, -0.25) is 4.79 Å². The Hall–Kier alpha value is -2.86. The van der Waals surface area contributed by atoms with Crippen LogP contribution < -0.4 is 4.74 Å². The largest absolute Gasteiger partial charge is 0.482 e. The van der Waals surface area contributed by atoms with E-state index in [4.69, 9.17) is 9.72 Å². The van der Waals surface area contributed by atoms with Gasteiger partial charge in [-0.05, 0) is 81.6 Å². The molecular formula is C32H44N4O2. The van der Waals surface area contributed by atoms with Crippen LogP contribution in [-0.2, 0) is 13.0 Å². The van der Waals surface area contributed by atoms with Crippen LogP contribution in [0.3, 0.4) is 0 Å². The second-order valence-corrected chi connectivity index (χ2v) is 11.0. The van der Waals surface area contributed by atoms with E-state index in [-0.39, 0.29) is 12.0 Å². The molecule has 1 saturated heterocycles. The molecule has 38 heavy (non-hydrogen) atoms. The van der Waals surface area contributed by atoms with Crippen molar-refractivity contribution < 1.29 is 9.53 Å². The Morgan fingerprint density at radius 1 is 0.974 bits per heavy atom. The summed E-state index contributed by atoms with van der Waals surface area (Å²) in [5, 5.41) is 0. The van der Waals surface area contributed by atoms with Crippen LogP contribution in [-0.4, -0.2) is 58.0 Å². The number of unbranched alkanes of at least 4 members (excludes halogenated alkanes) is 2. The van der Waals surface area contributed by atoms with Crippen molar-refractivity contribution in [1.82, 2.24) is 19.4 Å². The van der Waals surface area contributed by atoms with Gasteiger partial charge in [0.15, 0.2) is 11.9 Å². The number of ether oxygens (including phenoxy) is 1. The molecule has 0 saturated carbocycles. The van der Waals surface area contributed by atoms with E-state index in [1.165, 1.54) is 37.9 Å². The Labute approximate surface area is 228 Å². The summed E-state index contributed by atoms with van der Waals surface area (Å²) in [6, 6.07) is 14.4. The lowest BCUT2D eigenvalue weighted by molar-refractivity contribution is 0.0751. The highest BCUT2D eigenvalue weighted by molar-refractivity contribution is 5.97. The number of hydrogen-bond acceptors (Lipinski definition) is 4. The van der Waals surface area contributed by atoms with Crippen molar-refractivity contribution in [3.8, 4) is 5.75 Å². The Balaban J connectivity index is 1.43. The van der Waals surface area contributed by atoms with Crippen LogP contribution >= 0.6 is 0 Å². The molecular weight excluding hydrogens is 472 g/mol. The smallest absolute Gasteiger partial charge is 0.253 e. The Bertz CT molecular complexity index is 1180. The number of rotatable bonds is 12. The second-order valence-electron chi connectivity index (χ2n) is 11.0. The van der Waals surface area contributed by atoms with E-state index >= 15 is 0 Å². The fourth-order valence-corrected chi connectivity index (χ4v) is 5.91. The number of para-hydroxylation sites is 1. The first-order chi connectivity index (χ1) is 18.7. The van der Waals surface area contributed by atoms with Gasteiger partial charge in [-0.2, -0.15) is 0 Å². The summed E-state index contributed by atoms with van der Waals surface area (Å²) in [6.45, 7) is 10.4. The molecule has 3 heterocycles. The third-order valence-corrected chi connectivity index (χ3v) is 8.11. The van der Waals surface area contributed by atoms with Crippen LogP contribution in [0.25, 0.3) is 11.0 Å². The van der Waals surface area contributed by atoms with Gasteiger partial charge in [0.25, 0.3) is 5.91 Å². The zero-order valence-electron chi connectivity index (χ0n) is 23.3. The van der Waals surface area contributed by atoms with Gasteiger partial charge in [-0.15, -0.1) is 0 Å². The molecule has 0 aliphatic carbocycles. The van der Waals surface area contributed by atoms with E-state index in [0.717, 1.165) is 92.9 Å². The number of amides is 1. The summed E-state index contributed by atoms with van der Waals surface area (Å²) >= 11 is 0. The van der Waals surface area contributed by atoms with E-state index in [1.807, 2.05) is 23.1 Å². The summed E-state index contributed by atoms with van der Waals surface area (Å²) in [5.41, 5.74) is 4.00. The van der Waals surface area contributed by atoms with E-state index in [1.54, 1.807) is 0 Å². The summed E-state index contributed by atoms with van der Waals surface area (Å²) in [5.74, 6) is 2.08. The summed E-state index contributed by atoms with van der Waals surface area (Å²) in [7, 11) is 0. The highest BCUT2D eigenvalue weighted by Crippen LogP contribution is 2.37. The second kappa shape index (κ2) is 12.8. The zero-order chi connectivity index (χ0) is 26.3. The maximum absolute atomic E-state index is 13.6. The maximum atomic E-state index is 13.6. The average Bonchev–Trinajstić information content (AvgIpc) is 3.54. The summed E-state index contributed by atoms with van der Waals surface area (Å²) in [6.07, 6.45) is 10.0. The maximum Gasteiger partial charge on any atom is 0.253 e. The Kier molecular flexibility index (Phi) is 9.00. The van der Waals surface area contributed by atoms with Gasteiger partial charge in [-0.25, -0.2) is 4.98 Å². The predicted molar refractivity (Wildman–Crippen MR) is 154 cm³/mol. The molecule has 6 heteroatoms. The van der Waals surface area contributed by atoms with Crippen LogP contribution in [0.4, 0.5) is 0 Å². The molecule has 2 aliphatic rings. The van der Waals surface area contributed by atoms with E-state index in [9.17, 15) is 4.79 Å². The molecule has 0 N–H and O–H groups in total. The third kappa shape index (κ3) is 6.06. The first-order valence-corrected chi connectivity index (χ1v) is 14.9. The van der Waals surface area contributed by atoms with Crippen molar-refractivity contribution in [3.05, 3.63) is 59.4 Å². The summed E-state index contributed by atoms with van der Waals surface area (Å²) < 4.78 is 8.74. The molecule has 0 radical (unpaired) electrons. The molecule has 1 aromatic heterocycles. The minimum absolute atomic E-state index is 0.0976. The van der Waals surface area contributed by atoms with Crippen molar-refractivity contribution in [3.63, 3.8) is 0 Å². The van der Waals surface area contributed by atoms with E-state index < -0.39 is 0 Å². The van der Waals surface area contributed by atoms with Crippen molar-refractivity contribution in [2.45, 2.75) is 84.3 Å². The molecule has 3 aromatic rings. The fraction of sp³-hybridized carbons (Fsp3) is 0.562. The monoisotopic (exact) mass is 516 g/mol. The number of carbonyl (C=O) groups excluding carboxylic acids is 1. The number of likely N-dealkylation sites (tertiary alicyclic amines) is 1. The van der Waals surface area contributed by atoms with Crippen molar-refractivity contribution in [2.24, 2.45) is 0 Å². The minimum Gasteiger partial charge on any atom is -0.482 e. The van der Waals surface area contributed by atoms with E-state index in [0.29, 0.717) is 0 Å². The van der Waals surface area contributed by atoms with Crippen LogP contribution in [0.15, 0.2) is 42.5 Å². The summed E-state index contributed by atoms with van der Waals surface area (Å²) in [4.78, 5) is 23.3. The van der Waals surface area contributed by atoms with Gasteiger partial charge < -0.3 is 19.1 Å². The fourth-order valence-electron chi connectivity index (χ4n) is 5.91. The number of aromatic nitrogens is 2. The van der Waals surface area contributed by atoms with Crippen molar-refractivity contribution in [1.29, 1.82) is 0 Å². The Morgan fingerprint density at radius 2 is 1.74 bits per heavy atom. The minimum atomic E-state index is -0.0976.